The number of alkyl halides is 2. The van der Waals surface area contributed by atoms with E-state index in [0.29, 0.717) is 12.6 Å². The van der Waals surface area contributed by atoms with E-state index in [4.69, 9.17) is 5.11 Å². The standard InChI is InChI=1S/C13H15F2NO2/c14-13(15)10-3-1-9(2-4-10)7-16(8-12(17)18)11-5-6-11/h1-4,11,13H,5-8H2,(H,17,18). The predicted molar refractivity (Wildman–Crippen MR) is 62.5 cm³/mol. The Kier molecular flexibility index (Phi) is 3.91. The van der Waals surface area contributed by atoms with Crippen molar-refractivity contribution in [2.45, 2.75) is 31.9 Å². The summed E-state index contributed by atoms with van der Waals surface area (Å²) in [5.74, 6) is -0.855. The zero-order valence-electron chi connectivity index (χ0n) is 9.85. The Labute approximate surface area is 104 Å². The van der Waals surface area contributed by atoms with Gasteiger partial charge in [0.05, 0.1) is 6.54 Å². The molecule has 1 N–H and O–H groups in total. The summed E-state index contributed by atoms with van der Waals surface area (Å²) in [5.41, 5.74) is 0.863. The Morgan fingerprint density at radius 1 is 1.33 bits per heavy atom. The second-order valence-corrected chi connectivity index (χ2v) is 4.57. The van der Waals surface area contributed by atoms with E-state index in [2.05, 4.69) is 0 Å². The van der Waals surface area contributed by atoms with E-state index in [-0.39, 0.29) is 12.1 Å². The lowest BCUT2D eigenvalue weighted by molar-refractivity contribution is -0.138. The summed E-state index contributed by atoms with van der Waals surface area (Å²) < 4.78 is 24.8. The number of nitrogens with zero attached hydrogens (tertiary/aromatic N) is 1. The van der Waals surface area contributed by atoms with Gasteiger partial charge in [-0.2, -0.15) is 0 Å². The molecule has 0 amide bonds. The Morgan fingerprint density at radius 2 is 1.94 bits per heavy atom. The zero-order valence-corrected chi connectivity index (χ0v) is 9.85. The minimum absolute atomic E-state index is 0.00126. The van der Waals surface area contributed by atoms with E-state index >= 15 is 0 Å². The van der Waals surface area contributed by atoms with Gasteiger partial charge in [0.1, 0.15) is 0 Å². The van der Waals surface area contributed by atoms with Crippen LogP contribution in [0.5, 0.6) is 0 Å². The fourth-order valence-electron chi connectivity index (χ4n) is 1.93. The molecule has 0 radical (unpaired) electrons. The summed E-state index contributed by atoms with van der Waals surface area (Å²) in [7, 11) is 0. The molecule has 3 nitrogen and oxygen atoms in total. The van der Waals surface area contributed by atoms with Crippen LogP contribution in [-0.2, 0) is 11.3 Å². The van der Waals surface area contributed by atoms with Crippen molar-refractivity contribution in [2.24, 2.45) is 0 Å². The molecule has 0 aliphatic heterocycles. The van der Waals surface area contributed by atoms with E-state index in [1.165, 1.54) is 12.1 Å². The van der Waals surface area contributed by atoms with Crippen LogP contribution in [0.25, 0.3) is 0 Å². The minimum atomic E-state index is -2.46. The molecule has 98 valence electrons. The maximum Gasteiger partial charge on any atom is 0.317 e. The van der Waals surface area contributed by atoms with Crippen LogP contribution in [0.1, 0.15) is 30.4 Å². The Balaban J connectivity index is 1.99. The minimum Gasteiger partial charge on any atom is -0.480 e. The van der Waals surface area contributed by atoms with Crippen molar-refractivity contribution in [3.05, 3.63) is 35.4 Å². The average molecular weight is 255 g/mol. The van der Waals surface area contributed by atoms with Crippen LogP contribution in [0.3, 0.4) is 0 Å². The smallest absolute Gasteiger partial charge is 0.317 e. The lowest BCUT2D eigenvalue weighted by atomic mass is 10.1. The van der Waals surface area contributed by atoms with E-state index < -0.39 is 12.4 Å². The third kappa shape index (κ3) is 3.50. The maximum atomic E-state index is 12.4. The highest BCUT2D eigenvalue weighted by atomic mass is 19.3. The van der Waals surface area contributed by atoms with Gasteiger partial charge in [-0.1, -0.05) is 24.3 Å². The molecule has 0 unspecified atom stereocenters. The SMILES string of the molecule is O=C(O)CN(Cc1ccc(C(F)F)cc1)C1CC1. The van der Waals surface area contributed by atoms with Crippen molar-refractivity contribution in [1.82, 2.24) is 4.90 Å². The summed E-state index contributed by atoms with van der Waals surface area (Å²) in [4.78, 5) is 12.6. The third-order valence-electron chi connectivity index (χ3n) is 3.02. The van der Waals surface area contributed by atoms with Crippen LogP contribution in [0, 0.1) is 0 Å². The van der Waals surface area contributed by atoms with Gasteiger partial charge < -0.3 is 5.11 Å². The maximum absolute atomic E-state index is 12.4. The molecule has 1 fully saturated rings. The van der Waals surface area contributed by atoms with E-state index in [9.17, 15) is 13.6 Å². The summed E-state index contributed by atoms with van der Waals surface area (Å²) in [6.45, 7) is 0.502. The molecule has 5 heteroatoms. The van der Waals surface area contributed by atoms with Gasteiger partial charge in [0.2, 0.25) is 0 Å². The second kappa shape index (κ2) is 5.44. The monoisotopic (exact) mass is 255 g/mol. The molecule has 0 heterocycles. The molecule has 0 bridgehead atoms. The first-order chi connectivity index (χ1) is 8.56. The molecule has 1 aromatic rings. The van der Waals surface area contributed by atoms with Gasteiger partial charge in [-0.15, -0.1) is 0 Å². The highest BCUT2D eigenvalue weighted by Crippen LogP contribution is 2.28. The van der Waals surface area contributed by atoms with Crippen molar-refractivity contribution in [3.8, 4) is 0 Å². The summed E-state index contributed by atoms with van der Waals surface area (Å²) >= 11 is 0. The first-order valence-electron chi connectivity index (χ1n) is 5.89. The quantitative estimate of drug-likeness (QED) is 0.849. The van der Waals surface area contributed by atoms with Gasteiger partial charge in [-0.05, 0) is 18.4 Å². The summed E-state index contributed by atoms with van der Waals surface area (Å²) in [6, 6.07) is 6.39. The van der Waals surface area contributed by atoms with Crippen molar-refractivity contribution < 1.29 is 18.7 Å². The molecule has 1 aliphatic carbocycles. The van der Waals surface area contributed by atoms with Crippen molar-refractivity contribution in [3.63, 3.8) is 0 Å². The fourth-order valence-corrected chi connectivity index (χ4v) is 1.93. The number of carboxylic acid groups (broad SMARTS) is 1. The summed E-state index contributed by atoms with van der Waals surface area (Å²) in [6.07, 6.45) is -0.428. The molecule has 0 saturated heterocycles. The van der Waals surface area contributed by atoms with Crippen LogP contribution in [-0.4, -0.2) is 28.6 Å². The molecular weight excluding hydrogens is 240 g/mol. The molecular formula is C13H15F2NO2. The number of carbonyl (C=O) groups is 1. The Bertz CT molecular complexity index is 416. The van der Waals surface area contributed by atoms with E-state index in [1.807, 2.05) is 4.90 Å². The fraction of sp³-hybridized carbons (Fsp3) is 0.462. The van der Waals surface area contributed by atoms with Crippen molar-refractivity contribution in [1.29, 1.82) is 0 Å². The molecule has 1 aromatic carbocycles. The molecule has 2 rings (SSSR count). The third-order valence-corrected chi connectivity index (χ3v) is 3.02. The second-order valence-electron chi connectivity index (χ2n) is 4.57. The Morgan fingerprint density at radius 3 is 2.39 bits per heavy atom. The number of benzene rings is 1. The number of rotatable bonds is 6. The molecule has 0 aromatic heterocycles. The van der Waals surface area contributed by atoms with Crippen molar-refractivity contribution in [2.75, 3.05) is 6.54 Å². The van der Waals surface area contributed by atoms with Crippen molar-refractivity contribution >= 4 is 5.97 Å². The van der Waals surface area contributed by atoms with Crippen LogP contribution in [0.4, 0.5) is 8.78 Å². The number of hydrogen-bond donors (Lipinski definition) is 1. The van der Waals surface area contributed by atoms with Gasteiger partial charge in [0.25, 0.3) is 6.43 Å². The zero-order chi connectivity index (χ0) is 13.1. The lowest BCUT2D eigenvalue weighted by Gasteiger charge is -2.19. The largest absolute Gasteiger partial charge is 0.480 e. The molecule has 1 saturated carbocycles. The van der Waals surface area contributed by atoms with Gasteiger partial charge in [-0.25, -0.2) is 8.78 Å². The summed E-state index contributed by atoms with van der Waals surface area (Å²) in [5, 5.41) is 8.81. The van der Waals surface area contributed by atoms with Gasteiger partial charge in [0, 0.05) is 18.2 Å². The normalized spacial score (nSPS) is 15.3. The molecule has 0 spiro atoms. The van der Waals surface area contributed by atoms with Crippen LogP contribution in [0.15, 0.2) is 24.3 Å². The number of carboxylic acids is 1. The highest BCUT2D eigenvalue weighted by molar-refractivity contribution is 5.69. The lowest BCUT2D eigenvalue weighted by Crippen LogP contribution is -2.31. The number of aliphatic carboxylic acids is 1. The molecule has 1 aliphatic rings. The van der Waals surface area contributed by atoms with Gasteiger partial charge >= 0.3 is 5.97 Å². The van der Waals surface area contributed by atoms with Crippen LogP contribution >= 0.6 is 0 Å². The number of halogens is 2. The van der Waals surface area contributed by atoms with Gasteiger partial charge in [-0.3, -0.25) is 9.69 Å². The van der Waals surface area contributed by atoms with E-state index in [1.54, 1.807) is 12.1 Å². The Hall–Kier alpha value is -1.49. The highest BCUT2D eigenvalue weighted by Gasteiger charge is 2.30. The molecule has 18 heavy (non-hydrogen) atoms. The average Bonchev–Trinajstić information content (AvgIpc) is 3.12. The van der Waals surface area contributed by atoms with Crippen LogP contribution in [0.2, 0.25) is 0 Å². The first-order valence-corrected chi connectivity index (χ1v) is 5.89. The topological polar surface area (TPSA) is 40.5 Å². The molecule has 0 atom stereocenters. The number of hydrogen-bond acceptors (Lipinski definition) is 2. The van der Waals surface area contributed by atoms with E-state index in [0.717, 1.165) is 18.4 Å². The van der Waals surface area contributed by atoms with Crippen LogP contribution < -0.4 is 0 Å². The predicted octanol–water partition coefficient (Wildman–Crippen LogP) is 2.67. The first kappa shape index (κ1) is 13.0. The van der Waals surface area contributed by atoms with Gasteiger partial charge in [0.15, 0.2) is 0 Å².